The third-order valence-electron chi connectivity index (χ3n) is 5.79. The zero-order valence-corrected chi connectivity index (χ0v) is 15.4. The fraction of sp³-hybridized carbons (Fsp3) is 0.526. The van der Waals surface area contributed by atoms with Crippen LogP contribution >= 0.6 is 0 Å². The second kappa shape index (κ2) is 6.00. The van der Waals surface area contributed by atoms with E-state index in [0.29, 0.717) is 30.8 Å². The van der Waals surface area contributed by atoms with Crippen LogP contribution in [0.3, 0.4) is 0 Å². The molecule has 2 aromatic heterocycles. The zero-order valence-electron chi connectivity index (χ0n) is 15.4. The number of likely N-dealkylation sites (tertiary alicyclic amines) is 1. The van der Waals surface area contributed by atoms with Crippen molar-refractivity contribution in [1.82, 2.24) is 20.0 Å². The van der Waals surface area contributed by atoms with Crippen molar-refractivity contribution in [3.05, 3.63) is 41.1 Å². The van der Waals surface area contributed by atoms with Crippen molar-refractivity contribution in [2.45, 2.75) is 44.6 Å². The second-order valence-corrected chi connectivity index (χ2v) is 7.53. The summed E-state index contributed by atoms with van der Waals surface area (Å²) in [6.45, 7) is 4.92. The van der Waals surface area contributed by atoms with Crippen LogP contribution in [0.4, 0.5) is 0 Å². The van der Waals surface area contributed by atoms with E-state index in [1.54, 1.807) is 10.7 Å². The number of hydrogen-bond acceptors (Lipinski definition) is 4. The standard InChI is InChI=1S/C19H24N4O3/c1-12-8-15(13(2)26-12)18(25)23-6-4-19(5-7-23)16(9-17(24)21-19)14-10-20-22(3)11-14/h8,10-11,16H,4-7,9H2,1-3H3,(H,21,24)/t16-/m1/s1. The Morgan fingerprint density at radius 2 is 2.08 bits per heavy atom. The van der Waals surface area contributed by atoms with Crippen molar-refractivity contribution in [3.63, 3.8) is 0 Å². The van der Waals surface area contributed by atoms with Gasteiger partial charge in [-0.1, -0.05) is 0 Å². The molecule has 2 fully saturated rings. The number of nitrogens with one attached hydrogen (secondary N) is 1. The quantitative estimate of drug-likeness (QED) is 0.891. The number of amides is 2. The maximum atomic E-state index is 12.8. The third kappa shape index (κ3) is 2.71. The van der Waals surface area contributed by atoms with Gasteiger partial charge < -0.3 is 14.6 Å². The van der Waals surface area contributed by atoms with Gasteiger partial charge in [0.15, 0.2) is 0 Å². The molecule has 2 aliphatic heterocycles. The van der Waals surface area contributed by atoms with E-state index in [1.165, 1.54) is 0 Å². The summed E-state index contributed by atoms with van der Waals surface area (Å²) >= 11 is 0. The Hall–Kier alpha value is -2.57. The van der Waals surface area contributed by atoms with Gasteiger partial charge in [0.25, 0.3) is 5.91 Å². The molecule has 0 aliphatic carbocycles. The highest BCUT2D eigenvalue weighted by molar-refractivity contribution is 5.95. The first-order valence-electron chi connectivity index (χ1n) is 9.04. The fourth-order valence-electron chi connectivity index (χ4n) is 4.45. The molecule has 1 spiro atoms. The summed E-state index contributed by atoms with van der Waals surface area (Å²) in [5.74, 6) is 1.62. The lowest BCUT2D eigenvalue weighted by molar-refractivity contribution is -0.120. The highest BCUT2D eigenvalue weighted by Crippen LogP contribution is 2.43. The number of nitrogens with zero attached hydrogens (tertiary/aromatic N) is 3. The molecule has 0 aromatic carbocycles. The van der Waals surface area contributed by atoms with Crippen LogP contribution in [0.5, 0.6) is 0 Å². The lowest BCUT2D eigenvalue weighted by atomic mass is 9.75. The topological polar surface area (TPSA) is 80.4 Å². The SMILES string of the molecule is Cc1cc(C(=O)N2CCC3(CC2)NC(=O)C[C@@H]3c2cnn(C)c2)c(C)o1. The van der Waals surface area contributed by atoms with Gasteiger partial charge in [-0.15, -0.1) is 0 Å². The summed E-state index contributed by atoms with van der Waals surface area (Å²) in [7, 11) is 1.89. The van der Waals surface area contributed by atoms with Gasteiger partial charge in [0.2, 0.25) is 5.91 Å². The average molecular weight is 356 g/mol. The first-order valence-corrected chi connectivity index (χ1v) is 9.04. The van der Waals surface area contributed by atoms with Gasteiger partial charge in [-0.3, -0.25) is 14.3 Å². The minimum absolute atomic E-state index is 0.0106. The van der Waals surface area contributed by atoms with Crippen molar-refractivity contribution in [2.24, 2.45) is 7.05 Å². The lowest BCUT2D eigenvalue weighted by Crippen LogP contribution is -2.54. The number of carbonyl (C=O) groups excluding carboxylic acids is 2. The Bertz CT molecular complexity index is 858. The van der Waals surface area contributed by atoms with E-state index in [1.807, 2.05) is 38.2 Å². The number of hydrogen-bond donors (Lipinski definition) is 1. The molecule has 1 N–H and O–H groups in total. The van der Waals surface area contributed by atoms with Crippen LogP contribution < -0.4 is 5.32 Å². The van der Waals surface area contributed by atoms with E-state index in [0.717, 1.165) is 24.2 Å². The lowest BCUT2D eigenvalue weighted by Gasteiger charge is -2.42. The van der Waals surface area contributed by atoms with Gasteiger partial charge in [0, 0.05) is 38.7 Å². The molecule has 7 nitrogen and oxygen atoms in total. The monoisotopic (exact) mass is 356 g/mol. The molecule has 0 bridgehead atoms. The van der Waals surface area contributed by atoms with Crippen LogP contribution in [0, 0.1) is 13.8 Å². The zero-order chi connectivity index (χ0) is 18.5. The minimum atomic E-state index is -0.280. The summed E-state index contributed by atoms with van der Waals surface area (Å²) in [6.07, 6.45) is 5.82. The third-order valence-corrected chi connectivity index (χ3v) is 5.79. The maximum Gasteiger partial charge on any atom is 0.257 e. The normalized spacial score (nSPS) is 22.0. The van der Waals surface area contributed by atoms with Gasteiger partial charge in [0.1, 0.15) is 11.5 Å². The summed E-state index contributed by atoms with van der Waals surface area (Å²) in [4.78, 5) is 26.9. The van der Waals surface area contributed by atoms with E-state index in [-0.39, 0.29) is 23.3 Å². The van der Waals surface area contributed by atoms with Gasteiger partial charge in [-0.25, -0.2) is 0 Å². The molecule has 26 heavy (non-hydrogen) atoms. The molecular weight excluding hydrogens is 332 g/mol. The smallest absolute Gasteiger partial charge is 0.257 e. The predicted octanol–water partition coefficient (Wildman–Crippen LogP) is 1.91. The summed E-state index contributed by atoms with van der Waals surface area (Å²) < 4.78 is 7.27. The largest absolute Gasteiger partial charge is 0.466 e. The molecule has 2 saturated heterocycles. The second-order valence-electron chi connectivity index (χ2n) is 7.53. The van der Waals surface area contributed by atoms with Crippen LogP contribution in [0.15, 0.2) is 22.9 Å². The summed E-state index contributed by atoms with van der Waals surface area (Å²) in [5, 5.41) is 7.47. The molecule has 0 unspecified atom stereocenters. The van der Waals surface area contributed by atoms with Crippen LogP contribution in [-0.2, 0) is 11.8 Å². The van der Waals surface area contributed by atoms with Crippen LogP contribution in [0.25, 0.3) is 0 Å². The molecule has 7 heteroatoms. The van der Waals surface area contributed by atoms with Crippen LogP contribution in [0.2, 0.25) is 0 Å². The van der Waals surface area contributed by atoms with Crippen molar-refractivity contribution in [3.8, 4) is 0 Å². The predicted molar refractivity (Wildman–Crippen MR) is 94.8 cm³/mol. The van der Waals surface area contributed by atoms with Gasteiger partial charge in [-0.2, -0.15) is 5.10 Å². The van der Waals surface area contributed by atoms with E-state index >= 15 is 0 Å². The van der Waals surface area contributed by atoms with Crippen molar-refractivity contribution in [1.29, 1.82) is 0 Å². The van der Waals surface area contributed by atoms with E-state index in [2.05, 4.69) is 10.4 Å². The van der Waals surface area contributed by atoms with Crippen LogP contribution in [0.1, 0.15) is 52.6 Å². The number of rotatable bonds is 2. The Labute approximate surface area is 152 Å². The van der Waals surface area contributed by atoms with Crippen LogP contribution in [-0.4, -0.2) is 45.1 Å². The Morgan fingerprint density at radius 3 is 2.65 bits per heavy atom. The molecule has 0 radical (unpaired) electrons. The van der Waals surface area contributed by atoms with Gasteiger partial charge in [0.05, 0.1) is 17.3 Å². The molecule has 2 aromatic rings. The number of carbonyl (C=O) groups is 2. The number of piperidine rings is 1. The first-order chi connectivity index (χ1) is 12.4. The molecule has 2 amide bonds. The Morgan fingerprint density at radius 1 is 1.35 bits per heavy atom. The molecule has 4 rings (SSSR count). The van der Waals surface area contributed by atoms with Crippen molar-refractivity contribution >= 4 is 11.8 Å². The van der Waals surface area contributed by atoms with Crippen molar-refractivity contribution in [2.75, 3.05) is 13.1 Å². The van der Waals surface area contributed by atoms with Gasteiger partial charge >= 0.3 is 0 Å². The summed E-state index contributed by atoms with van der Waals surface area (Å²) in [6, 6.07) is 1.80. The number of furan rings is 1. The Kier molecular flexibility index (Phi) is 3.89. The highest BCUT2D eigenvalue weighted by atomic mass is 16.3. The molecule has 2 aliphatic rings. The fourth-order valence-corrected chi connectivity index (χ4v) is 4.45. The van der Waals surface area contributed by atoms with E-state index in [4.69, 9.17) is 4.42 Å². The van der Waals surface area contributed by atoms with Gasteiger partial charge in [-0.05, 0) is 38.3 Å². The summed E-state index contributed by atoms with van der Waals surface area (Å²) in [5.41, 5.74) is 1.45. The van der Waals surface area contributed by atoms with E-state index < -0.39 is 0 Å². The molecule has 4 heterocycles. The minimum Gasteiger partial charge on any atom is -0.466 e. The maximum absolute atomic E-state index is 12.8. The Balaban J connectivity index is 1.52. The first kappa shape index (κ1) is 16.9. The average Bonchev–Trinajstić information content (AvgIpc) is 3.25. The molecule has 1 atom stereocenters. The molecular formula is C19H24N4O3. The van der Waals surface area contributed by atoms with E-state index in [9.17, 15) is 9.59 Å². The number of aryl methyl sites for hydroxylation is 3. The molecule has 0 saturated carbocycles. The molecule has 138 valence electrons. The van der Waals surface area contributed by atoms with Crippen molar-refractivity contribution < 1.29 is 14.0 Å². The number of aromatic nitrogens is 2. The highest BCUT2D eigenvalue weighted by Gasteiger charge is 2.49.